The van der Waals surface area contributed by atoms with Crippen LogP contribution < -0.4 is 5.32 Å². The van der Waals surface area contributed by atoms with Crippen LogP contribution in [-0.4, -0.2) is 74.8 Å². The Bertz CT molecular complexity index is 596. The summed E-state index contributed by atoms with van der Waals surface area (Å²) in [6.07, 6.45) is 4.51. The van der Waals surface area contributed by atoms with Crippen molar-refractivity contribution in [3.63, 3.8) is 0 Å². The summed E-state index contributed by atoms with van der Waals surface area (Å²) in [7, 11) is 4.36. The predicted octanol–water partition coefficient (Wildman–Crippen LogP) is 2.63. The Morgan fingerprint density at radius 3 is 2.67 bits per heavy atom. The minimum absolute atomic E-state index is 0.127. The summed E-state index contributed by atoms with van der Waals surface area (Å²) < 4.78 is 5.60. The molecule has 1 atom stereocenters. The molecule has 0 radical (unpaired) electrons. The van der Waals surface area contributed by atoms with Gasteiger partial charge in [0.1, 0.15) is 0 Å². The van der Waals surface area contributed by atoms with E-state index in [0.717, 1.165) is 64.6 Å². The lowest BCUT2D eigenvalue weighted by Crippen LogP contribution is -2.52. The molecule has 1 unspecified atom stereocenters. The van der Waals surface area contributed by atoms with Crippen LogP contribution in [0, 0.1) is 5.92 Å². The molecule has 2 fully saturated rings. The van der Waals surface area contributed by atoms with Crippen molar-refractivity contribution in [3.8, 4) is 0 Å². The van der Waals surface area contributed by atoms with Crippen LogP contribution in [0.25, 0.3) is 0 Å². The third-order valence-electron chi connectivity index (χ3n) is 6.18. The largest absolute Gasteiger partial charge is 0.381 e. The van der Waals surface area contributed by atoms with Gasteiger partial charge < -0.3 is 19.9 Å². The Labute approximate surface area is 164 Å². The van der Waals surface area contributed by atoms with E-state index in [0.29, 0.717) is 5.92 Å². The van der Waals surface area contributed by atoms with E-state index in [-0.39, 0.29) is 5.54 Å². The van der Waals surface area contributed by atoms with Crippen LogP contribution in [0.2, 0.25) is 0 Å². The highest BCUT2D eigenvalue weighted by atomic mass is 16.5. The van der Waals surface area contributed by atoms with E-state index in [1.54, 1.807) is 0 Å². The summed E-state index contributed by atoms with van der Waals surface area (Å²) in [6.45, 7) is 7.78. The molecule has 5 nitrogen and oxygen atoms in total. The maximum Gasteiger partial charge on any atom is 0.193 e. The van der Waals surface area contributed by atoms with Gasteiger partial charge in [-0.3, -0.25) is 4.99 Å². The first-order valence-corrected chi connectivity index (χ1v) is 10.5. The van der Waals surface area contributed by atoms with Crippen molar-refractivity contribution in [3.05, 3.63) is 35.9 Å². The second-order valence-corrected chi connectivity index (χ2v) is 8.19. The van der Waals surface area contributed by atoms with E-state index in [4.69, 9.17) is 9.73 Å². The van der Waals surface area contributed by atoms with Gasteiger partial charge in [0, 0.05) is 38.4 Å². The molecule has 5 heteroatoms. The Kier molecular flexibility index (Phi) is 7.13. The summed E-state index contributed by atoms with van der Waals surface area (Å²) in [4.78, 5) is 9.90. The first-order chi connectivity index (χ1) is 13.1. The van der Waals surface area contributed by atoms with E-state index in [1.807, 2.05) is 0 Å². The average molecular weight is 373 g/mol. The molecule has 0 bridgehead atoms. The number of likely N-dealkylation sites (tertiary alicyclic amines) is 1. The second kappa shape index (κ2) is 9.56. The van der Waals surface area contributed by atoms with Crippen molar-refractivity contribution >= 4 is 5.96 Å². The third-order valence-corrected chi connectivity index (χ3v) is 6.18. The van der Waals surface area contributed by atoms with Crippen molar-refractivity contribution in [2.75, 3.05) is 53.5 Å². The van der Waals surface area contributed by atoms with Gasteiger partial charge >= 0.3 is 0 Å². The van der Waals surface area contributed by atoms with Crippen LogP contribution in [0.1, 0.15) is 31.7 Å². The van der Waals surface area contributed by atoms with Gasteiger partial charge in [-0.1, -0.05) is 30.3 Å². The first kappa shape index (κ1) is 20.2. The molecule has 3 rings (SSSR count). The number of hydrogen-bond acceptors (Lipinski definition) is 3. The highest BCUT2D eigenvalue weighted by molar-refractivity contribution is 5.80. The fourth-order valence-corrected chi connectivity index (χ4v) is 4.29. The van der Waals surface area contributed by atoms with Crippen LogP contribution in [0.3, 0.4) is 0 Å². The molecule has 0 amide bonds. The minimum atomic E-state index is 0.127. The third kappa shape index (κ3) is 5.23. The fraction of sp³-hybridized carbons (Fsp3) is 0.682. The van der Waals surface area contributed by atoms with Gasteiger partial charge in [0.15, 0.2) is 5.96 Å². The molecule has 27 heavy (non-hydrogen) atoms. The normalized spacial score (nSPS) is 23.0. The topological polar surface area (TPSA) is 40.1 Å². The van der Waals surface area contributed by atoms with Crippen molar-refractivity contribution < 1.29 is 4.74 Å². The summed E-state index contributed by atoms with van der Waals surface area (Å²) in [6, 6.07) is 10.9. The summed E-state index contributed by atoms with van der Waals surface area (Å²) in [5.41, 5.74) is 1.57. The number of guanidine groups is 1. The molecule has 0 saturated carbocycles. The molecular weight excluding hydrogens is 336 g/mol. The predicted molar refractivity (Wildman–Crippen MR) is 112 cm³/mol. The summed E-state index contributed by atoms with van der Waals surface area (Å²) in [5.74, 6) is 1.79. The zero-order valence-electron chi connectivity index (χ0n) is 17.3. The van der Waals surface area contributed by atoms with Crippen molar-refractivity contribution in [1.29, 1.82) is 0 Å². The number of aliphatic imine (C=N–C) groups is 1. The zero-order valence-corrected chi connectivity index (χ0v) is 17.3. The van der Waals surface area contributed by atoms with Gasteiger partial charge in [-0.15, -0.1) is 0 Å². The first-order valence-electron chi connectivity index (χ1n) is 10.5. The fourth-order valence-electron chi connectivity index (χ4n) is 4.29. The Morgan fingerprint density at radius 1 is 1.26 bits per heavy atom. The van der Waals surface area contributed by atoms with E-state index in [9.17, 15) is 0 Å². The number of nitrogens with zero attached hydrogens (tertiary/aromatic N) is 3. The standard InChI is InChI=1S/C22H36N4O/c1-4-23-21(24-18-22(25(2)3)11-14-27-15-12-22)26-13-10-20(17-26)16-19-8-6-5-7-9-19/h5-9,20H,4,10-18H2,1-3H3,(H,23,24). The van der Waals surface area contributed by atoms with Gasteiger partial charge in [0.05, 0.1) is 6.54 Å². The SMILES string of the molecule is CCNC(=NCC1(N(C)C)CCOCC1)N1CCC(Cc2ccccc2)C1. The molecule has 1 aromatic rings. The highest BCUT2D eigenvalue weighted by Gasteiger charge is 2.35. The maximum atomic E-state index is 5.60. The molecule has 2 saturated heterocycles. The Balaban J connectivity index is 1.63. The second-order valence-electron chi connectivity index (χ2n) is 8.19. The number of ether oxygens (including phenoxy) is 1. The van der Waals surface area contributed by atoms with Gasteiger partial charge in [-0.2, -0.15) is 0 Å². The van der Waals surface area contributed by atoms with Crippen molar-refractivity contribution in [2.45, 2.75) is 38.1 Å². The molecule has 150 valence electrons. The quantitative estimate of drug-likeness (QED) is 0.616. The zero-order chi connectivity index (χ0) is 19.1. The minimum Gasteiger partial charge on any atom is -0.381 e. The highest BCUT2D eigenvalue weighted by Crippen LogP contribution is 2.27. The monoisotopic (exact) mass is 372 g/mol. The van der Waals surface area contributed by atoms with Crippen LogP contribution in [0.4, 0.5) is 0 Å². The molecule has 0 aromatic heterocycles. The van der Waals surface area contributed by atoms with Gasteiger partial charge in [0.25, 0.3) is 0 Å². The van der Waals surface area contributed by atoms with E-state index in [1.165, 1.54) is 12.0 Å². The lowest BCUT2D eigenvalue weighted by atomic mass is 9.89. The van der Waals surface area contributed by atoms with Crippen LogP contribution in [0.15, 0.2) is 35.3 Å². The van der Waals surface area contributed by atoms with Crippen LogP contribution >= 0.6 is 0 Å². The number of likely N-dealkylation sites (N-methyl/N-ethyl adjacent to an activating group) is 1. The molecule has 0 spiro atoms. The van der Waals surface area contributed by atoms with E-state index >= 15 is 0 Å². The lowest BCUT2D eigenvalue weighted by molar-refractivity contribution is -0.00262. The van der Waals surface area contributed by atoms with Crippen molar-refractivity contribution in [2.24, 2.45) is 10.9 Å². The van der Waals surface area contributed by atoms with Crippen LogP contribution in [-0.2, 0) is 11.2 Å². The number of hydrogen-bond donors (Lipinski definition) is 1. The van der Waals surface area contributed by atoms with Gasteiger partial charge in [-0.25, -0.2) is 0 Å². The smallest absolute Gasteiger partial charge is 0.193 e. The summed E-state index contributed by atoms with van der Waals surface area (Å²) >= 11 is 0. The van der Waals surface area contributed by atoms with Gasteiger partial charge in [0.2, 0.25) is 0 Å². The molecule has 2 aliphatic heterocycles. The van der Waals surface area contributed by atoms with Crippen molar-refractivity contribution in [1.82, 2.24) is 15.1 Å². The van der Waals surface area contributed by atoms with Crippen LogP contribution in [0.5, 0.6) is 0 Å². The Hall–Kier alpha value is -1.59. The number of rotatable bonds is 6. The van der Waals surface area contributed by atoms with E-state index in [2.05, 4.69) is 66.5 Å². The molecule has 1 N–H and O–H groups in total. The molecule has 2 heterocycles. The summed E-state index contributed by atoms with van der Waals surface area (Å²) in [5, 5.41) is 3.53. The molecule has 0 aliphatic carbocycles. The molecule has 1 aromatic carbocycles. The number of benzene rings is 1. The van der Waals surface area contributed by atoms with E-state index < -0.39 is 0 Å². The maximum absolute atomic E-state index is 5.60. The molecule has 2 aliphatic rings. The van der Waals surface area contributed by atoms with Gasteiger partial charge in [-0.05, 0) is 58.2 Å². The molecular formula is C22H36N4O. The number of nitrogens with one attached hydrogen (secondary N) is 1. The average Bonchev–Trinajstić information content (AvgIpc) is 3.15. The Morgan fingerprint density at radius 2 is 2.00 bits per heavy atom. The lowest BCUT2D eigenvalue weighted by Gasteiger charge is -2.42.